The molecule has 0 bridgehead atoms. The summed E-state index contributed by atoms with van der Waals surface area (Å²) in [6.07, 6.45) is 2.92. The average Bonchev–Trinajstić information content (AvgIpc) is 2.34. The first-order chi connectivity index (χ1) is 8.15. The molecular formula is C12H22N2O3. The summed E-state index contributed by atoms with van der Waals surface area (Å²) in [4.78, 5) is 24.3. The Morgan fingerprint density at radius 3 is 2.47 bits per heavy atom. The minimum Gasteiger partial charge on any atom is -0.481 e. The van der Waals surface area contributed by atoms with Gasteiger partial charge in [-0.3, -0.25) is 9.59 Å². The summed E-state index contributed by atoms with van der Waals surface area (Å²) in [5.74, 6) is -0.916. The molecule has 1 aliphatic heterocycles. The van der Waals surface area contributed by atoms with Crippen LogP contribution in [0.15, 0.2) is 0 Å². The Morgan fingerprint density at radius 2 is 1.94 bits per heavy atom. The van der Waals surface area contributed by atoms with Crippen LogP contribution in [-0.4, -0.2) is 47.6 Å². The molecule has 5 heteroatoms. The minimum absolute atomic E-state index is 0.0128. The molecule has 98 valence electrons. The summed E-state index contributed by atoms with van der Waals surface area (Å²) < 4.78 is 0. The van der Waals surface area contributed by atoms with Gasteiger partial charge in [0, 0.05) is 19.0 Å². The molecule has 17 heavy (non-hydrogen) atoms. The van der Waals surface area contributed by atoms with E-state index in [1.54, 1.807) is 0 Å². The Kier molecular flexibility index (Phi) is 5.97. The van der Waals surface area contributed by atoms with Crippen LogP contribution in [0.3, 0.4) is 0 Å². The monoisotopic (exact) mass is 242 g/mol. The number of piperidine rings is 1. The van der Waals surface area contributed by atoms with Crippen LogP contribution < -0.4 is 5.32 Å². The summed E-state index contributed by atoms with van der Waals surface area (Å²) in [5, 5.41) is 11.9. The first-order valence-corrected chi connectivity index (χ1v) is 6.37. The van der Waals surface area contributed by atoms with E-state index in [1.807, 2.05) is 11.8 Å². The molecule has 1 rings (SSSR count). The maximum absolute atomic E-state index is 12.0. The molecule has 1 saturated heterocycles. The zero-order valence-corrected chi connectivity index (χ0v) is 10.4. The Balaban J connectivity index is 2.50. The molecule has 0 atom stereocenters. The second-order valence-corrected chi connectivity index (χ2v) is 4.46. The number of amides is 1. The molecule has 1 aliphatic rings. The van der Waals surface area contributed by atoms with Crippen molar-refractivity contribution >= 4 is 11.9 Å². The van der Waals surface area contributed by atoms with E-state index >= 15 is 0 Å². The molecule has 0 aromatic carbocycles. The van der Waals surface area contributed by atoms with Gasteiger partial charge in [-0.2, -0.15) is 0 Å². The Bertz CT molecular complexity index is 262. The van der Waals surface area contributed by atoms with E-state index in [1.165, 1.54) is 0 Å². The van der Waals surface area contributed by atoms with Gasteiger partial charge in [0.15, 0.2) is 0 Å². The summed E-state index contributed by atoms with van der Waals surface area (Å²) in [7, 11) is 0. The van der Waals surface area contributed by atoms with Crippen molar-refractivity contribution in [1.29, 1.82) is 0 Å². The number of carboxylic acids is 1. The quantitative estimate of drug-likeness (QED) is 0.724. The fraction of sp³-hybridized carbons (Fsp3) is 0.833. The van der Waals surface area contributed by atoms with Crippen LogP contribution in [0.4, 0.5) is 0 Å². The van der Waals surface area contributed by atoms with E-state index in [2.05, 4.69) is 5.32 Å². The third-order valence-electron chi connectivity index (χ3n) is 3.09. The third kappa shape index (κ3) is 4.73. The smallest absolute Gasteiger partial charge is 0.303 e. The Morgan fingerprint density at radius 1 is 1.29 bits per heavy atom. The fourth-order valence-electron chi connectivity index (χ4n) is 2.23. The number of hydrogen-bond acceptors (Lipinski definition) is 3. The molecule has 1 fully saturated rings. The van der Waals surface area contributed by atoms with Crippen LogP contribution in [0.25, 0.3) is 0 Å². The number of rotatable bonds is 6. The highest BCUT2D eigenvalue weighted by Crippen LogP contribution is 2.14. The van der Waals surface area contributed by atoms with Crippen molar-refractivity contribution in [2.75, 3.05) is 19.6 Å². The highest BCUT2D eigenvalue weighted by Gasteiger charge is 2.24. The van der Waals surface area contributed by atoms with Crippen LogP contribution in [-0.2, 0) is 9.59 Å². The molecule has 5 nitrogen and oxygen atoms in total. The molecule has 0 saturated carbocycles. The first kappa shape index (κ1) is 14.0. The van der Waals surface area contributed by atoms with Crippen LogP contribution >= 0.6 is 0 Å². The highest BCUT2D eigenvalue weighted by molar-refractivity contribution is 5.81. The van der Waals surface area contributed by atoms with E-state index in [0.29, 0.717) is 0 Å². The average molecular weight is 242 g/mol. The number of aliphatic carboxylic acids is 1. The van der Waals surface area contributed by atoms with Gasteiger partial charge in [-0.25, -0.2) is 0 Å². The second kappa shape index (κ2) is 7.27. The molecule has 0 radical (unpaired) electrons. The molecular weight excluding hydrogens is 220 g/mol. The maximum atomic E-state index is 12.0. The van der Waals surface area contributed by atoms with Crippen LogP contribution in [0, 0.1) is 0 Å². The molecule has 0 spiro atoms. The highest BCUT2D eigenvalue weighted by atomic mass is 16.4. The molecule has 0 aliphatic carbocycles. The van der Waals surface area contributed by atoms with Gasteiger partial charge >= 0.3 is 5.97 Å². The van der Waals surface area contributed by atoms with Crippen molar-refractivity contribution < 1.29 is 14.7 Å². The molecule has 2 N–H and O–H groups in total. The van der Waals surface area contributed by atoms with Crippen molar-refractivity contribution in [2.24, 2.45) is 0 Å². The molecule has 0 aromatic rings. The van der Waals surface area contributed by atoms with Gasteiger partial charge in [0.05, 0.1) is 6.42 Å². The Hall–Kier alpha value is -1.10. The van der Waals surface area contributed by atoms with Gasteiger partial charge in [0.1, 0.15) is 0 Å². The van der Waals surface area contributed by atoms with Crippen LogP contribution in [0.2, 0.25) is 0 Å². The van der Waals surface area contributed by atoms with Gasteiger partial charge in [0.25, 0.3) is 0 Å². The second-order valence-electron chi connectivity index (χ2n) is 4.46. The van der Waals surface area contributed by atoms with E-state index in [4.69, 9.17) is 5.11 Å². The normalized spacial score (nSPS) is 16.8. The van der Waals surface area contributed by atoms with Gasteiger partial charge < -0.3 is 15.3 Å². The molecule has 1 amide bonds. The number of hydrogen-bond donors (Lipinski definition) is 2. The topological polar surface area (TPSA) is 69.6 Å². The number of nitrogens with one attached hydrogen (secondary N) is 1. The van der Waals surface area contributed by atoms with Crippen molar-refractivity contribution in [3.63, 3.8) is 0 Å². The van der Waals surface area contributed by atoms with E-state index < -0.39 is 5.97 Å². The fourth-order valence-corrected chi connectivity index (χ4v) is 2.23. The van der Waals surface area contributed by atoms with Crippen molar-refractivity contribution in [2.45, 2.75) is 45.1 Å². The summed E-state index contributed by atoms with van der Waals surface area (Å²) >= 11 is 0. The molecule has 1 heterocycles. The van der Waals surface area contributed by atoms with Gasteiger partial charge in [-0.1, -0.05) is 6.92 Å². The molecule has 0 aromatic heterocycles. The lowest BCUT2D eigenvalue weighted by atomic mass is 10.0. The van der Waals surface area contributed by atoms with Crippen LogP contribution in [0.1, 0.15) is 39.0 Å². The van der Waals surface area contributed by atoms with Gasteiger partial charge in [-0.05, 0) is 32.4 Å². The SMILES string of the molecule is CCCN(C(=O)CCC(=O)O)C1CCNCC1. The van der Waals surface area contributed by atoms with Gasteiger partial charge in [0.2, 0.25) is 5.91 Å². The number of carbonyl (C=O) groups excluding carboxylic acids is 1. The third-order valence-corrected chi connectivity index (χ3v) is 3.09. The largest absolute Gasteiger partial charge is 0.481 e. The number of carboxylic acid groups (broad SMARTS) is 1. The molecule has 0 unspecified atom stereocenters. The Labute approximate surface area is 102 Å². The predicted octanol–water partition coefficient (Wildman–Crippen LogP) is 0.842. The van der Waals surface area contributed by atoms with E-state index in [0.717, 1.165) is 38.9 Å². The van der Waals surface area contributed by atoms with Crippen molar-refractivity contribution in [1.82, 2.24) is 10.2 Å². The van der Waals surface area contributed by atoms with Crippen molar-refractivity contribution in [3.8, 4) is 0 Å². The number of carbonyl (C=O) groups is 2. The van der Waals surface area contributed by atoms with Crippen LogP contribution in [0.5, 0.6) is 0 Å². The minimum atomic E-state index is -0.903. The lowest BCUT2D eigenvalue weighted by molar-refractivity contribution is -0.142. The van der Waals surface area contributed by atoms with E-state index in [9.17, 15) is 9.59 Å². The standard InChI is InChI=1S/C12H22N2O3/c1-2-9-14(10-5-7-13-8-6-10)11(15)3-4-12(16)17/h10,13H,2-9H2,1H3,(H,16,17). The zero-order chi connectivity index (χ0) is 12.7. The lowest BCUT2D eigenvalue weighted by Crippen LogP contribution is -2.46. The summed E-state index contributed by atoms with van der Waals surface area (Å²) in [6, 6.07) is 0.289. The summed E-state index contributed by atoms with van der Waals surface area (Å²) in [6.45, 7) is 4.66. The summed E-state index contributed by atoms with van der Waals surface area (Å²) in [5.41, 5.74) is 0. The first-order valence-electron chi connectivity index (χ1n) is 6.37. The lowest BCUT2D eigenvalue weighted by Gasteiger charge is -2.34. The van der Waals surface area contributed by atoms with Crippen molar-refractivity contribution in [3.05, 3.63) is 0 Å². The maximum Gasteiger partial charge on any atom is 0.303 e. The zero-order valence-electron chi connectivity index (χ0n) is 10.4. The predicted molar refractivity (Wildman–Crippen MR) is 64.8 cm³/mol. The number of nitrogens with zero attached hydrogens (tertiary/aromatic N) is 1. The van der Waals surface area contributed by atoms with E-state index in [-0.39, 0.29) is 24.8 Å². The van der Waals surface area contributed by atoms with Gasteiger partial charge in [-0.15, -0.1) is 0 Å².